The topological polar surface area (TPSA) is 74.7 Å². The van der Waals surface area contributed by atoms with Gasteiger partial charge in [-0.25, -0.2) is 12.8 Å². The maximum absolute atomic E-state index is 13.8. The zero-order valence-electron chi connectivity index (χ0n) is 11.0. The average molecular weight is 368 g/mol. The lowest BCUT2D eigenvalue weighted by Gasteiger charge is -2.22. The van der Waals surface area contributed by atoms with Gasteiger partial charge in [-0.1, -0.05) is 29.8 Å². The first-order valence-corrected chi connectivity index (χ1v) is 8.11. The molecule has 0 bridgehead atoms. The van der Waals surface area contributed by atoms with Gasteiger partial charge in [-0.05, 0) is 18.2 Å². The van der Waals surface area contributed by atoms with E-state index in [4.69, 9.17) is 5.11 Å². The van der Waals surface area contributed by atoms with Crippen molar-refractivity contribution in [3.05, 3.63) is 28.5 Å². The van der Waals surface area contributed by atoms with Gasteiger partial charge in [-0.15, -0.1) is 0 Å². The predicted molar refractivity (Wildman–Crippen MR) is 75.3 cm³/mol. The molecule has 0 saturated heterocycles. The van der Waals surface area contributed by atoms with Crippen LogP contribution in [0.15, 0.2) is 27.6 Å². The SMILES string of the molecule is CCN(CC(C)C(=O)O)S(=O)(=O)c1ccc(Br)cc1F. The Morgan fingerprint density at radius 1 is 1.50 bits per heavy atom. The molecule has 0 aliphatic carbocycles. The Kier molecular flexibility index (Phi) is 5.67. The van der Waals surface area contributed by atoms with Crippen LogP contribution in [0, 0.1) is 11.7 Å². The maximum Gasteiger partial charge on any atom is 0.307 e. The molecular formula is C12H15BrFNO4S. The molecule has 0 amide bonds. The second-order valence-electron chi connectivity index (χ2n) is 4.27. The number of carboxylic acid groups (broad SMARTS) is 1. The van der Waals surface area contributed by atoms with Crippen molar-refractivity contribution in [2.75, 3.05) is 13.1 Å². The number of carboxylic acids is 1. The fourth-order valence-electron chi connectivity index (χ4n) is 1.60. The number of hydrogen-bond acceptors (Lipinski definition) is 3. The third-order valence-corrected chi connectivity index (χ3v) is 5.23. The lowest BCUT2D eigenvalue weighted by atomic mass is 10.2. The van der Waals surface area contributed by atoms with E-state index < -0.39 is 32.6 Å². The molecule has 5 nitrogen and oxygen atoms in total. The molecule has 0 aliphatic heterocycles. The molecule has 0 spiro atoms. The van der Waals surface area contributed by atoms with E-state index in [9.17, 15) is 17.6 Å². The molecule has 1 aromatic carbocycles. The number of aliphatic carboxylic acids is 1. The average Bonchev–Trinajstić information content (AvgIpc) is 2.34. The quantitative estimate of drug-likeness (QED) is 0.836. The van der Waals surface area contributed by atoms with E-state index in [1.54, 1.807) is 6.92 Å². The molecular weight excluding hydrogens is 353 g/mol. The summed E-state index contributed by atoms with van der Waals surface area (Å²) < 4.78 is 39.8. The number of halogens is 2. The third kappa shape index (κ3) is 3.77. The van der Waals surface area contributed by atoms with E-state index in [-0.39, 0.29) is 13.1 Å². The minimum atomic E-state index is -4.05. The summed E-state index contributed by atoms with van der Waals surface area (Å²) in [5.41, 5.74) is 0. The lowest BCUT2D eigenvalue weighted by Crippen LogP contribution is -2.37. The van der Waals surface area contributed by atoms with E-state index in [1.807, 2.05) is 0 Å². The van der Waals surface area contributed by atoms with Crippen molar-refractivity contribution in [2.45, 2.75) is 18.7 Å². The zero-order valence-corrected chi connectivity index (χ0v) is 13.4. The van der Waals surface area contributed by atoms with E-state index in [1.165, 1.54) is 13.0 Å². The summed E-state index contributed by atoms with van der Waals surface area (Å²) in [6.45, 7) is 2.83. The Bertz CT molecular complexity index is 605. The van der Waals surface area contributed by atoms with E-state index in [0.717, 1.165) is 16.4 Å². The summed E-state index contributed by atoms with van der Waals surface area (Å²) in [5.74, 6) is -2.85. The van der Waals surface area contributed by atoms with Crippen LogP contribution in [0.25, 0.3) is 0 Å². The maximum atomic E-state index is 13.8. The molecule has 1 aromatic rings. The van der Waals surface area contributed by atoms with Crippen molar-refractivity contribution in [1.29, 1.82) is 0 Å². The van der Waals surface area contributed by atoms with E-state index in [0.29, 0.717) is 4.47 Å². The molecule has 20 heavy (non-hydrogen) atoms. The highest BCUT2D eigenvalue weighted by atomic mass is 79.9. The summed E-state index contributed by atoms with van der Waals surface area (Å²) in [6.07, 6.45) is 0. The number of sulfonamides is 1. The van der Waals surface area contributed by atoms with E-state index in [2.05, 4.69) is 15.9 Å². The van der Waals surface area contributed by atoms with Crippen LogP contribution < -0.4 is 0 Å². The number of rotatable bonds is 6. The standard InChI is InChI=1S/C12H15BrFNO4S/c1-3-15(7-8(2)12(16)17)20(18,19)11-5-4-9(13)6-10(11)14/h4-6,8H,3,7H2,1-2H3,(H,16,17). The van der Waals surface area contributed by atoms with Gasteiger partial charge in [-0.3, -0.25) is 4.79 Å². The zero-order chi connectivity index (χ0) is 15.5. The molecule has 1 unspecified atom stereocenters. The highest BCUT2D eigenvalue weighted by Crippen LogP contribution is 2.23. The van der Waals surface area contributed by atoms with Gasteiger partial charge in [0.15, 0.2) is 0 Å². The van der Waals surface area contributed by atoms with Gasteiger partial charge >= 0.3 is 5.97 Å². The summed E-state index contributed by atoms with van der Waals surface area (Å²) in [5, 5.41) is 8.85. The van der Waals surface area contributed by atoms with Gasteiger partial charge in [0.25, 0.3) is 0 Å². The van der Waals surface area contributed by atoms with Crippen LogP contribution in [-0.2, 0) is 14.8 Å². The van der Waals surface area contributed by atoms with Crippen LogP contribution in [0.5, 0.6) is 0 Å². The first-order chi connectivity index (χ1) is 9.20. The minimum absolute atomic E-state index is 0.0649. The normalized spacial score (nSPS) is 13.4. The molecule has 0 saturated carbocycles. The number of carbonyl (C=O) groups is 1. The summed E-state index contributed by atoms with van der Waals surface area (Å²) in [7, 11) is -4.05. The fourth-order valence-corrected chi connectivity index (χ4v) is 3.52. The summed E-state index contributed by atoms with van der Waals surface area (Å²) in [6, 6.07) is 3.63. The van der Waals surface area contributed by atoms with Crippen molar-refractivity contribution in [1.82, 2.24) is 4.31 Å². The van der Waals surface area contributed by atoms with Gasteiger partial charge < -0.3 is 5.11 Å². The summed E-state index contributed by atoms with van der Waals surface area (Å²) in [4.78, 5) is 10.4. The molecule has 1 rings (SSSR count). The predicted octanol–water partition coefficient (Wildman–Crippen LogP) is 2.32. The van der Waals surface area contributed by atoms with Crippen LogP contribution >= 0.6 is 15.9 Å². The second kappa shape index (κ2) is 6.64. The molecule has 0 heterocycles. The Hall–Kier alpha value is -0.990. The van der Waals surface area contributed by atoms with Crippen molar-refractivity contribution in [3.63, 3.8) is 0 Å². The van der Waals surface area contributed by atoms with Crippen molar-refractivity contribution < 1.29 is 22.7 Å². The Morgan fingerprint density at radius 3 is 2.55 bits per heavy atom. The molecule has 1 atom stereocenters. The van der Waals surface area contributed by atoms with Crippen LogP contribution in [0.2, 0.25) is 0 Å². The van der Waals surface area contributed by atoms with Crippen molar-refractivity contribution in [2.24, 2.45) is 5.92 Å². The van der Waals surface area contributed by atoms with Crippen LogP contribution in [-0.4, -0.2) is 36.9 Å². The largest absolute Gasteiger partial charge is 0.481 e. The Labute approximate surface area is 125 Å². The van der Waals surface area contributed by atoms with Gasteiger partial charge in [-0.2, -0.15) is 4.31 Å². The molecule has 112 valence electrons. The van der Waals surface area contributed by atoms with Gasteiger partial charge in [0, 0.05) is 17.6 Å². The Balaban J connectivity index is 3.15. The van der Waals surface area contributed by atoms with Crippen LogP contribution in [0.1, 0.15) is 13.8 Å². The minimum Gasteiger partial charge on any atom is -0.481 e. The molecule has 0 radical (unpaired) electrons. The summed E-state index contributed by atoms with van der Waals surface area (Å²) >= 11 is 3.05. The van der Waals surface area contributed by atoms with Gasteiger partial charge in [0.1, 0.15) is 10.7 Å². The van der Waals surface area contributed by atoms with Crippen molar-refractivity contribution in [3.8, 4) is 0 Å². The highest BCUT2D eigenvalue weighted by molar-refractivity contribution is 9.10. The first-order valence-electron chi connectivity index (χ1n) is 5.88. The van der Waals surface area contributed by atoms with Crippen molar-refractivity contribution >= 4 is 31.9 Å². The van der Waals surface area contributed by atoms with E-state index >= 15 is 0 Å². The smallest absolute Gasteiger partial charge is 0.307 e. The second-order valence-corrected chi connectivity index (χ2v) is 7.09. The molecule has 0 aliphatic rings. The molecule has 1 N–H and O–H groups in total. The van der Waals surface area contributed by atoms with Gasteiger partial charge in [0.2, 0.25) is 10.0 Å². The third-order valence-electron chi connectivity index (χ3n) is 2.76. The Morgan fingerprint density at radius 2 is 2.10 bits per heavy atom. The fraction of sp³-hybridized carbons (Fsp3) is 0.417. The monoisotopic (exact) mass is 367 g/mol. The highest BCUT2D eigenvalue weighted by Gasteiger charge is 2.29. The van der Waals surface area contributed by atoms with Crippen LogP contribution in [0.3, 0.4) is 0 Å². The first kappa shape index (κ1) is 17.1. The number of hydrogen-bond donors (Lipinski definition) is 1. The molecule has 0 fully saturated rings. The molecule has 8 heteroatoms. The number of nitrogens with zero attached hydrogens (tertiary/aromatic N) is 1. The lowest BCUT2D eigenvalue weighted by molar-refractivity contribution is -0.141. The number of benzene rings is 1. The van der Waals surface area contributed by atoms with Gasteiger partial charge in [0.05, 0.1) is 5.92 Å². The van der Waals surface area contributed by atoms with Crippen LogP contribution in [0.4, 0.5) is 4.39 Å². The molecule has 0 aromatic heterocycles.